The largest absolute Gasteiger partial charge is 0.378 e. The van der Waals surface area contributed by atoms with Gasteiger partial charge in [-0.1, -0.05) is 25.0 Å². The minimum atomic E-state index is 0.0543. The normalized spacial score (nSPS) is 19.5. The number of rotatable bonds is 5. The number of hydrogen-bond acceptors (Lipinski definition) is 3. The second kappa shape index (κ2) is 8.18. The van der Waals surface area contributed by atoms with E-state index in [4.69, 9.17) is 0 Å². The first-order chi connectivity index (χ1) is 10.6. The third-order valence-corrected chi connectivity index (χ3v) is 4.49. The molecule has 1 N–H and O–H groups in total. The molecule has 0 spiro atoms. The third-order valence-electron chi connectivity index (χ3n) is 4.49. The first-order valence-electron chi connectivity index (χ1n) is 8.32. The van der Waals surface area contributed by atoms with Crippen LogP contribution in [-0.4, -0.2) is 51.1 Å². The summed E-state index contributed by atoms with van der Waals surface area (Å²) in [5.41, 5.74) is 2.47. The lowest BCUT2D eigenvalue weighted by Gasteiger charge is -2.24. The standard InChI is InChI=1S/C18H29N3O/c1-20(2)16-10-8-15(9-11-16)12-13-19-18(22)17-7-5-4-6-14-21(17)3/h8-11,17H,4-7,12-14H2,1-3H3,(H,19,22). The maximum atomic E-state index is 12.3. The van der Waals surface area contributed by atoms with Gasteiger partial charge in [-0.05, 0) is 50.6 Å². The molecule has 122 valence electrons. The van der Waals surface area contributed by atoms with Gasteiger partial charge in [-0.3, -0.25) is 9.69 Å². The Bertz CT molecular complexity index is 470. The van der Waals surface area contributed by atoms with Crippen molar-refractivity contribution in [3.8, 4) is 0 Å². The molecule has 1 aromatic carbocycles. The van der Waals surface area contributed by atoms with E-state index in [1.54, 1.807) is 0 Å². The number of likely N-dealkylation sites (tertiary alicyclic amines) is 1. The van der Waals surface area contributed by atoms with Gasteiger partial charge in [-0.25, -0.2) is 0 Å². The summed E-state index contributed by atoms with van der Waals surface area (Å²) in [6, 6.07) is 8.57. The molecule has 4 nitrogen and oxygen atoms in total. The van der Waals surface area contributed by atoms with E-state index in [0.717, 1.165) is 25.8 Å². The lowest BCUT2D eigenvalue weighted by Crippen LogP contribution is -2.45. The Hall–Kier alpha value is -1.55. The lowest BCUT2D eigenvalue weighted by atomic mass is 10.1. The molecule has 0 bridgehead atoms. The number of hydrogen-bond donors (Lipinski definition) is 1. The van der Waals surface area contributed by atoms with Crippen LogP contribution < -0.4 is 10.2 Å². The van der Waals surface area contributed by atoms with E-state index < -0.39 is 0 Å². The Balaban J connectivity index is 1.78. The molecule has 1 fully saturated rings. The zero-order chi connectivity index (χ0) is 15.9. The maximum absolute atomic E-state index is 12.3. The number of amides is 1. The quantitative estimate of drug-likeness (QED) is 0.906. The van der Waals surface area contributed by atoms with Crippen LogP contribution in [0.25, 0.3) is 0 Å². The minimum absolute atomic E-state index is 0.0543. The monoisotopic (exact) mass is 303 g/mol. The predicted molar refractivity (Wildman–Crippen MR) is 92.4 cm³/mol. The van der Waals surface area contributed by atoms with Crippen LogP contribution in [0.4, 0.5) is 5.69 Å². The molecule has 0 saturated carbocycles. The molecule has 1 amide bonds. The van der Waals surface area contributed by atoms with Gasteiger partial charge >= 0.3 is 0 Å². The van der Waals surface area contributed by atoms with Crippen molar-refractivity contribution in [3.05, 3.63) is 29.8 Å². The molecule has 0 radical (unpaired) electrons. The van der Waals surface area contributed by atoms with Gasteiger partial charge in [-0.15, -0.1) is 0 Å². The fraction of sp³-hybridized carbons (Fsp3) is 0.611. The highest BCUT2D eigenvalue weighted by molar-refractivity contribution is 5.81. The molecular formula is C18H29N3O. The molecule has 1 heterocycles. The van der Waals surface area contributed by atoms with Gasteiger partial charge in [0.15, 0.2) is 0 Å². The second-order valence-electron chi connectivity index (χ2n) is 6.45. The molecule has 1 unspecified atom stereocenters. The predicted octanol–water partition coefficient (Wildman–Crippen LogP) is 2.29. The van der Waals surface area contributed by atoms with Crippen molar-refractivity contribution in [2.45, 2.75) is 38.1 Å². The SMILES string of the molecule is CN(C)c1ccc(CCNC(=O)C2CCCCCN2C)cc1. The summed E-state index contributed by atoms with van der Waals surface area (Å²) in [7, 11) is 6.15. The van der Waals surface area contributed by atoms with E-state index >= 15 is 0 Å². The van der Waals surface area contributed by atoms with Crippen LogP contribution in [0.3, 0.4) is 0 Å². The highest BCUT2D eigenvalue weighted by Crippen LogP contribution is 2.15. The third kappa shape index (κ3) is 4.73. The zero-order valence-electron chi connectivity index (χ0n) is 14.1. The number of nitrogens with zero attached hydrogens (tertiary/aromatic N) is 2. The summed E-state index contributed by atoms with van der Waals surface area (Å²) in [5.74, 6) is 0.189. The van der Waals surface area contributed by atoms with Gasteiger partial charge in [0.1, 0.15) is 0 Å². The van der Waals surface area contributed by atoms with E-state index in [0.29, 0.717) is 6.54 Å². The van der Waals surface area contributed by atoms with Crippen molar-refractivity contribution in [3.63, 3.8) is 0 Å². The van der Waals surface area contributed by atoms with Crippen LogP contribution in [0.5, 0.6) is 0 Å². The minimum Gasteiger partial charge on any atom is -0.378 e. The molecule has 1 aliphatic heterocycles. The van der Waals surface area contributed by atoms with Gasteiger partial charge in [0.2, 0.25) is 5.91 Å². The Morgan fingerprint density at radius 2 is 1.95 bits per heavy atom. The molecule has 4 heteroatoms. The molecule has 1 atom stereocenters. The van der Waals surface area contributed by atoms with Crippen LogP contribution in [-0.2, 0) is 11.2 Å². The Kier molecular flexibility index (Phi) is 6.25. The Labute approximate surface area is 134 Å². The number of benzene rings is 1. The number of carbonyl (C=O) groups is 1. The van der Waals surface area contributed by atoms with Crippen molar-refractivity contribution in [2.24, 2.45) is 0 Å². The van der Waals surface area contributed by atoms with E-state index in [-0.39, 0.29) is 11.9 Å². The van der Waals surface area contributed by atoms with Crippen LogP contribution in [0.2, 0.25) is 0 Å². The van der Waals surface area contributed by atoms with E-state index in [1.807, 2.05) is 14.1 Å². The molecule has 0 aliphatic carbocycles. The summed E-state index contributed by atoms with van der Waals surface area (Å²) in [5, 5.41) is 3.11. The average molecular weight is 303 g/mol. The van der Waals surface area contributed by atoms with Crippen molar-refractivity contribution in [2.75, 3.05) is 39.1 Å². The van der Waals surface area contributed by atoms with Crippen LogP contribution in [0, 0.1) is 0 Å². The molecule has 2 rings (SSSR count). The van der Waals surface area contributed by atoms with Crippen LogP contribution >= 0.6 is 0 Å². The molecular weight excluding hydrogens is 274 g/mol. The molecule has 22 heavy (non-hydrogen) atoms. The van der Waals surface area contributed by atoms with Crippen LogP contribution in [0.15, 0.2) is 24.3 Å². The smallest absolute Gasteiger partial charge is 0.237 e. The van der Waals surface area contributed by atoms with Gasteiger partial charge in [0, 0.05) is 26.3 Å². The number of likely N-dealkylation sites (N-methyl/N-ethyl adjacent to an activating group) is 1. The van der Waals surface area contributed by atoms with E-state index in [2.05, 4.69) is 46.4 Å². The van der Waals surface area contributed by atoms with Crippen molar-refractivity contribution in [1.82, 2.24) is 10.2 Å². The molecule has 1 saturated heterocycles. The summed E-state index contributed by atoms with van der Waals surface area (Å²) in [6.07, 6.45) is 5.48. The zero-order valence-corrected chi connectivity index (χ0v) is 14.1. The van der Waals surface area contributed by atoms with Crippen molar-refractivity contribution in [1.29, 1.82) is 0 Å². The molecule has 1 aromatic rings. The fourth-order valence-electron chi connectivity index (χ4n) is 2.99. The second-order valence-corrected chi connectivity index (χ2v) is 6.45. The summed E-state index contributed by atoms with van der Waals surface area (Å²) in [6.45, 7) is 1.74. The van der Waals surface area contributed by atoms with Gasteiger partial charge in [-0.2, -0.15) is 0 Å². The highest BCUT2D eigenvalue weighted by atomic mass is 16.2. The van der Waals surface area contributed by atoms with Crippen LogP contribution in [0.1, 0.15) is 31.2 Å². The topological polar surface area (TPSA) is 35.6 Å². The fourth-order valence-corrected chi connectivity index (χ4v) is 2.99. The first-order valence-corrected chi connectivity index (χ1v) is 8.32. The molecule has 1 aliphatic rings. The highest BCUT2D eigenvalue weighted by Gasteiger charge is 2.24. The average Bonchev–Trinajstić information content (AvgIpc) is 2.72. The van der Waals surface area contributed by atoms with E-state index in [1.165, 1.54) is 24.1 Å². The van der Waals surface area contributed by atoms with Crippen molar-refractivity contribution < 1.29 is 4.79 Å². The molecule has 0 aromatic heterocycles. The Morgan fingerprint density at radius 3 is 2.64 bits per heavy atom. The summed E-state index contributed by atoms with van der Waals surface area (Å²) in [4.78, 5) is 16.6. The number of nitrogens with one attached hydrogen (secondary N) is 1. The van der Waals surface area contributed by atoms with E-state index in [9.17, 15) is 4.79 Å². The van der Waals surface area contributed by atoms with Gasteiger partial charge in [0.05, 0.1) is 6.04 Å². The number of anilines is 1. The lowest BCUT2D eigenvalue weighted by molar-refractivity contribution is -0.126. The van der Waals surface area contributed by atoms with Crippen molar-refractivity contribution >= 4 is 11.6 Å². The first kappa shape index (κ1) is 16.8. The Morgan fingerprint density at radius 1 is 1.23 bits per heavy atom. The maximum Gasteiger partial charge on any atom is 0.237 e. The summed E-state index contributed by atoms with van der Waals surface area (Å²) < 4.78 is 0. The van der Waals surface area contributed by atoms with Gasteiger partial charge in [0.25, 0.3) is 0 Å². The van der Waals surface area contributed by atoms with Gasteiger partial charge < -0.3 is 10.2 Å². The summed E-state index contributed by atoms with van der Waals surface area (Å²) >= 11 is 0. The number of carbonyl (C=O) groups excluding carboxylic acids is 1.